The number of benzene rings is 2. The molecule has 0 aliphatic carbocycles. The lowest BCUT2D eigenvalue weighted by Gasteiger charge is -2.11. The van der Waals surface area contributed by atoms with Crippen LogP contribution in [-0.4, -0.2) is 31.8 Å². The number of pyridine rings is 1. The molecule has 0 unspecified atom stereocenters. The Balaban J connectivity index is 1.88. The summed E-state index contributed by atoms with van der Waals surface area (Å²) in [6.45, 7) is 0. The van der Waals surface area contributed by atoms with E-state index in [0.29, 0.717) is 22.7 Å². The lowest BCUT2D eigenvalue weighted by Crippen LogP contribution is -1.97. The van der Waals surface area contributed by atoms with Gasteiger partial charge in [0.15, 0.2) is 11.5 Å². The van der Waals surface area contributed by atoms with Crippen LogP contribution in [0.5, 0.6) is 23.0 Å². The van der Waals surface area contributed by atoms with E-state index in [1.807, 2.05) is 53.1 Å². The van der Waals surface area contributed by atoms with E-state index < -0.39 is 17.2 Å². The first-order valence-electron chi connectivity index (χ1n) is 8.21. The van der Waals surface area contributed by atoms with Crippen molar-refractivity contribution < 1.29 is 20.1 Å². The molecule has 0 amide bonds. The molecule has 0 fully saturated rings. The molecular weight excluding hydrogens is 346 g/mol. The van der Waals surface area contributed by atoms with Crippen molar-refractivity contribution in [3.05, 3.63) is 60.8 Å². The van der Waals surface area contributed by atoms with Crippen LogP contribution in [-0.2, 0) is 0 Å². The second-order valence-corrected chi connectivity index (χ2v) is 5.92. The summed E-state index contributed by atoms with van der Waals surface area (Å²) >= 11 is 0. The van der Waals surface area contributed by atoms with E-state index in [1.54, 1.807) is 7.11 Å². The summed E-state index contributed by atoms with van der Waals surface area (Å²) in [5.41, 5.74) is 2.19. The topological polar surface area (TPSA) is 99.2 Å². The molecule has 7 heteroatoms. The average molecular weight is 363 g/mol. The van der Waals surface area contributed by atoms with E-state index in [0.717, 1.165) is 11.4 Å². The number of rotatable bonds is 4. The Morgan fingerprint density at radius 2 is 1.70 bits per heavy atom. The standard InChI is InChI=1S/C20H17N3O4/c1-27-13-7-5-12(6-8-13)21-20-17(22-16-4-2-3-11-23(16)20)14-9-10-15(24)19(26)18(14)25/h2-11,21,24-26H,1H3. The number of nitrogens with one attached hydrogen (secondary N) is 1. The third-order valence-electron chi connectivity index (χ3n) is 4.27. The fraction of sp³-hybridized carbons (Fsp3) is 0.0500. The van der Waals surface area contributed by atoms with Crippen molar-refractivity contribution in [2.75, 3.05) is 12.4 Å². The first kappa shape index (κ1) is 16.6. The van der Waals surface area contributed by atoms with Crippen LogP contribution in [0.2, 0.25) is 0 Å². The van der Waals surface area contributed by atoms with Crippen LogP contribution in [0.25, 0.3) is 16.9 Å². The lowest BCUT2D eigenvalue weighted by molar-refractivity contribution is 0.369. The Bertz CT molecular complexity index is 1120. The summed E-state index contributed by atoms with van der Waals surface area (Å²) in [5.74, 6) is -0.0722. The van der Waals surface area contributed by atoms with Gasteiger partial charge < -0.3 is 25.4 Å². The van der Waals surface area contributed by atoms with Crippen LogP contribution in [0.4, 0.5) is 11.5 Å². The van der Waals surface area contributed by atoms with Crippen molar-refractivity contribution in [3.63, 3.8) is 0 Å². The number of methoxy groups -OCH3 is 1. The quantitative estimate of drug-likeness (QED) is 0.411. The Labute approximate surface area is 154 Å². The molecule has 136 valence electrons. The molecule has 0 radical (unpaired) electrons. The van der Waals surface area contributed by atoms with Gasteiger partial charge in [-0.25, -0.2) is 4.98 Å². The molecule has 4 rings (SSSR count). The van der Waals surface area contributed by atoms with Crippen LogP contribution < -0.4 is 10.1 Å². The van der Waals surface area contributed by atoms with Gasteiger partial charge in [0.25, 0.3) is 0 Å². The highest BCUT2D eigenvalue weighted by Crippen LogP contribution is 2.44. The van der Waals surface area contributed by atoms with E-state index in [9.17, 15) is 15.3 Å². The first-order chi connectivity index (χ1) is 13.1. The van der Waals surface area contributed by atoms with E-state index in [2.05, 4.69) is 10.3 Å². The number of phenols is 3. The van der Waals surface area contributed by atoms with E-state index >= 15 is 0 Å². The van der Waals surface area contributed by atoms with Crippen molar-refractivity contribution in [3.8, 4) is 34.3 Å². The minimum atomic E-state index is -0.583. The summed E-state index contributed by atoms with van der Waals surface area (Å²) < 4.78 is 7.01. The zero-order chi connectivity index (χ0) is 19.0. The molecule has 2 heterocycles. The third-order valence-corrected chi connectivity index (χ3v) is 4.27. The summed E-state index contributed by atoms with van der Waals surface area (Å²) in [7, 11) is 1.60. The fourth-order valence-electron chi connectivity index (χ4n) is 2.87. The number of aromatic hydroxyl groups is 3. The fourth-order valence-corrected chi connectivity index (χ4v) is 2.87. The SMILES string of the molecule is COc1ccc(Nc2c(-c3ccc(O)c(O)c3O)nc3ccccn23)cc1. The van der Waals surface area contributed by atoms with Crippen LogP contribution in [0.1, 0.15) is 0 Å². The number of imidazole rings is 1. The summed E-state index contributed by atoms with van der Waals surface area (Å²) in [4.78, 5) is 4.57. The lowest BCUT2D eigenvalue weighted by atomic mass is 10.1. The minimum Gasteiger partial charge on any atom is -0.504 e. The number of hydrogen-bond donors (Lipinski definition) is 4. The first-order valence-corrected chi connectivity index (χ1v) is 8.21. The zero-order valence-corrected chi connectivity index (χ0v) is 14.4. The Kier molecular flexibility index (Phi) is 3.97. The predicted molar refractivity (Wildman–Crippen MR) is 102 cm³/mol. The number of hydrogen-bond acceptors (Lipinski definition) is 6. The molecule has 4 N–H and O–H groups in total. The maximum Gasteiger partial charge on any atom is 0.200 e. The average Bonchev–Trinajstić information content (AvgIpc) is 3.05. The number of fused-ring (bicyclic) bond motifs is 1. The predicted octanol–water partition coefficient (Wildman–Crippen LogP) is 3.87. The number of aromatic nitrogens is 2. The van der Waals surface area contributed by atoms with Gasteiger partial charge in [0.1, 0.15) is 22.9 Å². The van der Waals surface area contributed by atoms with Gasteiger partial charge in [-0.2, -0.15) is 0 Å². The van der Waals surface area contributed by atoms with Crippen LogP contribution in [0.15, 0.2) is 60.8 Å². The largest absolute Gasteiger partial charge is 0.504 e. The van der Waals surface area contributed by atoms with Gasteiger partial charge in [0.05, 0.1) is 7.11 Å². The van der Waals surface area contributed by atoms with Gasteiger partial charge in [-0.1, -0.05) is 6.07 Å². The molecule has 0 saturated heterocycles. The highest BCUT2D eigenvalue weighted by molar-refractivity contribution is 5.84. The van der Waals surface area contributed by atoms with E-state index in [4.69, 9.17) is 4.74 Å². The molecular formula is C20H17N3O4. The normalized spacial score (nSPS) is 10.9. The molecule has 0 atom stereocenters. The second-order valence-electron chi connectivity index (χ2n) is 5.92. The highest BCUT2D eigenvalue weighted by Gasteiger charge is 2.20. The molecule has 2 aromatic carbocycles. The molecule has 4 aromatic rings. The number of nitrogens with zero attached hydrogens (tertiary/aromatic N) is 2. The Hall–Kier alpha value is -3.87. The molecule has 7 nitrogen and oxygen atoms in total. The molecule has 0 aliphatic heterocycles. The van der Waals surface area contributed by atoms with E-state index in [-0.39, 0.29) is 0 Å². The molecule has 27 heavy (non-hydrogen) atoms. The van der Waals surface area contributed by atoms with Crippen molar-refractivity contribution in [2.24, 2.45) is 0 Å². The summed E-state index contributed by atoms with van der Waals surface area (Å²) in [6.07, 6.45) is 1.84. The Morgan fingerprint density at radius 3 is 2.44 bits per heavy atom. The molecule has 0 aliphatic rings. The van der Waals surface area contributed by atoms with Crippen molar-refractivity contribution in [1.29, 1.82) is 0 Å². The van der Waals surface area contributed by atoms with E-state index in [1.165, 1.54) is 12.1 Å². The van der Waals surface area contributed by atoms with Crippen molar-refractivity contribution >= 4 is 17.2 Å². The molecule has 0 bridgehead atoms. The molecule has 2 aromatic heterocycles. The maximum absolute atomic E-state index is 10.3. The van der Waals surface area contributed by atoms with Gasteiger partial charge in [-0.05, 0) is 48.5 Å². The Morgan fingerprint density at radius 1 is 0.926 bits per heavy atom. The third kappa shape index (κ3) is 2.85. The maximum atomic E-state index is 10.3. The summed E-state index contributed by atoms with van der Waals surface area (Å²) in [5, 5.41) is 33.1. The second kappa shape index (κ2) is 6.45. The highest BCUT2D eigenvalue weighted by atomic mass is 16.5. The van der Waals surface area contributed by atoms with Gasteiger partial charge >= 0.3 is 0 Å². The van der Waals surface area contributed by atoms with Gasteiger partial charge in [0, 0.05) is 17.4 Å². The number of anilines is 2. The summed E-state index contributed by atoms with van der Waals surface area (Å²) in [6, 6.07) is 15.8. The monoisotopic (exact) mass is 363 g/mol. The van der Waals surface area contributed by atoms with Crippen LogP contribution in [0, 0.1) is 0 Å². The van der Waals surface area contributed by atoms with Crippen molar-refractivity contribution in [2.45, 2.75) is 0 Å². The van der Waals surface area contributed by atoms with Crippen LogP contribution in [0.3, 0.4) is 0 Å². The minimum absolute atomic E-state index is 0.296. The molecule has 0 saturated carbocycles. The zero-order valence-electron chi connectivity index (χ0n) is 14.4. The van der Waals surface area contributed by atoms with Gasteiger partial charge in [-0.15, -0.1) is 0 Å². The number of phenolic OH excluding ortho intramolecular Hbond substituents is 3. The molecule has 0 spiro atoms. The number of ether oxygens (including phenoxy) is 1. The van der Waals surface area contributed by atoms with Crippen molar-refractivity contribution in [1.82, 2.24) is 9.38 Å². The van der Waals surface area contributed by atoms with Gasteiger partial charge in [-0.3, -0.25) is 4.40 Å². The van der Waals surface area contributed by atoms with Gasteiger partial charge in [0.2, 0.25) is 5.75 Å². The smallest absolute Gasteiger partial charge is 0.200 e. The van der Waals surface area contributed by atoms with Crippen LogP contribution >= 0.6 is 0 Å².